The molecule has 0 aromatic heterocycles. The first-order chi connectivity index (χ1) is 12.2. The van der Waals surface area contributed by atoms with Crippen molar-refractivity contribution in [2.75, 3.05) is 27.7 Å². The Labute approximate surface area is 158 Å². The monoisotopic (exact) mass is 379 g/mol. The second-order valence-electron chi connectivity index (χ2n) is 5.69. The summed E-state index contributed by atoms with van der Waals surface area (Å²) in [6.45, 7) is 6.21. The Hall–Kier alpha value is -2.44. The fraction of sp³-hybridized carbons (Fsp3) is 0.263. The van der Waals surface area contributed by atoms with Gasteiger partial charge in [0.15, 0.2) is 11.6 Å². The predicted molar refractivity (Wildman–Crippen MR) is 104 cm³/mol. The molecule has 1 N–H and O–H groups in total. The van der Waals surface area contributed by atoms with Gasteiger partial charge in [-0.3, -0.25) is 9.79 Å². The van der Waals surface area contributed by atoms with Gasteiger partial charge in [-0.2, -0.15) is 0 Å². The van der Waals surface area contributed by atoms with Gasteiger partial charge in [0.1, 0.15) is 0 Å². The molecule has 1 amide bonds. The van der Waals surface area contributed by atoms with E-state index >= 15 is 0 Å². The largest absolute Gasteiger partial charge is 0.436 e. The first-order valence-electron chi connectivity index (χ1n) is 7.83. The van der Waals surface area contributed by atoms with E-state index in [9.17, 15) is 9.18 Å². The molecule has 0 spiro atoms. The number of amides is 1. The number of allylic oxidation sites excluding steroid dienone is 1. The van der Waals surface area contributed by atoms with Gasteiger partial charge in [0.25, 0.3) is 0 Å². The zero-order valence-electron chi connectivity index (χ0n) is 15.3. The SMILES string of the molecule is C=C(/C=C(\C)NC(=O)/C=C/CN(C)C)C(=NC)Oc1cccc(Cl)c1F. The summed E-state index contributed by atoms with van der Waals surface area (Å²) in [5.74, 6) is -0.878. The molecule has 1 aromatic rings. The Morgan fingerprint density at radius 1 is 1.46 bits per heavy atom. The third-order valence-electron chi connectivity index (χ3n) is 3.05. The molecule has 0 heterocycles. The number of aliphatic imine (C=N–C) groups is 1. The van der Waals surface area contributed by atoms with E-state index in [0.29, 0.717) is 17.8 Å². The Morgan fingerprint density at radius 2 is 2.15 bits per heavy atom. The average Bonchev–Trinajstić information content (AvgIpc) is 2.55. The quantitative estimate of drug-likeness (QED) is 0.341. The standard InChI is InChI=1S/C19H23ClFN3O2/c1-13(12-14(2)23-17(25)10-7-11-24(4)5)19(22-3)26-16-9-6-8-15(20)18(16)21/h6-10,12H,1,11H2,2-5H3,(H,23,25)/b10-7+,14-12+,22-19?. The summed E-state index contributed by atoms with van der Waals surface area (Å²) in [4.78, 5) is 17.7. The molecule has 0 aliphatic heterocycles. The number of carbonyl (C=O) groups excluding carboxylic acids is 1. The smallest absolute Gasteiger partial charge is 0.247 e. The van der Waals surface area contributed by atoms with Crippen molar-refractivity contribution in [1.82, 2.24) is 10.2 Å². The molecule has 0 saturated heterocycles. The third-order valence-corrected chi connectivity index (χ3v) is 3.34. The number of nitrogens with one attached hydrogen (secondary N) is 1. The molecule has 0 radical (unpaired) electrons. The molecular formula is C19H23ClFN3O2. The Balaban J connectivity index is 2.76. The van der Waals surface area contributed by atoms with Gasteiger partial charge in [-0.25, -0.2) is 4.39 Å². The Kier molecular flexibility index (Phi) is 8.75. The lowest BCUT2D eigenvalue weighted by Gasteiger charge is -2.11. The van der Waals surface area contributed by atoms with E-state index in [1.165, 1.54) is 25.3 Å². The highest BCUT2D eigenvalue weighted by Gasteiger charge is 2.12. The van der Waals surface area contributed by atoms with Gasteiger partial charge in [-0.05, 0) is 39.2 Å². The minimum absolute atomic E-state index is 0.0490. The minimum atomic E-state index is -0.678. The fourth-order valence-electron chi connectivity index (χ4n) is 1.89. The first-order valence-corrected chi connectivity index (χ1v) is 8.20. The van der Waals surface area contributed by atoms with E-state index in [-0.39, 0.29) is 22.6 Å². The van der Waals surface area contributed by atoms with Crippen molar-refractivity contribution < 1.29 is 13.9 Å². The summed E-state index contributed by atoms with van der Waals surface area (Å²) >= 11 is 5.74. The molecule has 7 heteroatoms. The van der Waals surface area contributed by atoms with Gasteiger partial charge in [0, 0.05) is 30.9 Å². The average molecular weight is 380 g/mol. The Morgan fingerprint density at radius 3 is 2.77 bits per heavy atom. The van der Waals surface area contributed by atoms with E-state index in [1.807, 2.05) is 19.0 Å². The van der Waals surface area contributed by atoms with Crippen molar-refractivity contribution in [2.24, 2.45) is 4.99 Å². The summed E-state index contributed by atoms with van der Waals surface area (Å²) in [7, 11) is 5.31. The highest BCUT2D eigenvalue weighted by Crippen LogP contribution is 2.25. The number of halogens is 2. The van der Waals surface area contributed by atoms with Gasteiger partial charge >= 0.3 is 0 Å². The molecule has 140 valence electrons. The zero-order chi connectivity index (χ0) is 19.7. The number of rotatable bonds is 7. The number of hydrogen-bond acceptors (Lipinski definition) is 4. The van der Waals surface area contributed by atoms with Crippen LogP contribution >= 0.6 is 11.6 Å². The van der Waals surface area contributed by atoms with Crippen LogP contribution in [0.3, 0.4) is 0 Å². The predicted octanol–water partition coefficient (Wildman–Crippen LogP) is 3.58. The van der Waals surface area contributed by atoms with Crippen molar-refractivity contribution in [3.63, 3.8) is 0 Å². The van der Waals surface area contributed by atoms with E-state index in [0.717, 1.165) is 0 Å². The fourth-order valence-corrected chi connectivity index (χ4v) is 2.05. The van der Waals surface area contributed by atoms with Gasteiger partial charge in [0.2, 0.25) is 11.8 Å². The number of likely N-dealkylation sites (N-methyl/N-ethyl adjacent to an activating group) is 1. The second-order valence-corrected chi connectivity index (χ2v) is 6.10. The topological polar surface area (TPSA) is 53.9 Å². The highest BCUT2D eigenvalue weighted by atomic mass is 35.5. The number of hydrogen-bond donors (Lipinski definition) is 1. The molecule has 5 nitrogen and oxygen atoms in total. The van der Waals surface area contributed by atoms with Crippen LogP contribution in [0.5, 0.6) is 5.75 Å². The zero-order valence-corrected chi connectivity index (χ0v) is 16.1. The van der Waals surface area contributed by atoms with Crippen molar-refractivity contribution in [1.29, 1.82) is 0 Å². The van der Waals surface area contributed by atoms with Gasteiger partial charge in [-0.1, -0.05) is 30.3 Å². The number of nitrogens with zero attached hydrogens (tertiary/aromatic N) is 2. The molecule has 26 heavy (non-hydrogen) atoms. The molecule has 0 bridgehead atoms. The molecule has 0 unspecified atom stereocenters. The second kappa shape index (κ2) is 10.5. The van der Waals surface area contributed by atoms with Crippen LogP contribution in [0.1, 0.15) is 6.92 Å². The van der Waals surface area contributed by atoms with E-state index in [1.54, 1.807) is 25.1 Å². The van der Waals surface area contributed by atoms with Crippen LogP contribution in [0.2, 0.25) is 5.02 Å². The number of benzene rings is 1. The van der Waals surface area contributed by atoms with Crippen LogP contribution in [-0.2, 0) is 4.79 Å². The summed E-state index contributed by atoms with van der Waals surface area (Å²) in [6.07, 6.45) is 4.79. The minimum Gasteiger partial charge on any atom is -0.436 e. The molecule has 0 aliphatic carbocycles. The molecule has 1 aromatic carbocycles. The van der Waals surface area contributed by atoms with Crippen LogP contribution < -0.4 is 10.1 Å². The van der Waals surface area contributed by atoms with E-state index in [4.69, 9.17) is 16.3 Å². The lowest BCUT2D eigenvalue weighted by molar-refractivity contribution is -0.115. The van der Waals surface area contributed by atoms with Gasteiger partial charge in [-0.15, -0.1) is 0 Å². The number of ether oxygens (including phenoxy) is 1. The maximum Gasteiger partial charge on any atom is 0.247 e. The van der Waals surface area contributed by atoms with E-state index < -0.39 is 5.82 Å². The summed E-state index contributed by atoms with van der Waals surface area (Å²) in [6, 6.07) is 4.43. The van der Waals surface area contributed by atoms with Crippen LogP contribution in [0, 0.1) is 5.82 Å². The van der Waals surface area contributed by atoms with Crippen molar-refractivity contribution in [3.05, 3.63) is 65.1 Å². The number of carbonyl (C=O) groups is 1. The molecular weight excluding hydrogens is 357 g/mol. The maximum atomic E-state index is 13.9. The van der Waals surface area contributed by atoms with Crippen LogP contribution in [0.25, 0.3) is 0 Å². The lowest BCUT2D eigenvalue weighted by Crippen LogP contribution is -2.20. The van der Waals surface area contributed by atoms with Gasteiger partial charge in [0.05, 0.1) is 5.02 Å². The summed E-state index contributed by atoms with van der Waals surface area (Å²) in [5.41, 5.74) is 0.924. The van der Waals surface area contributed by atoms with E-state index in [2.05, 4.69) is 16.9 Å². The lowest BCUT2D eigenvalue weighted by atomic mass is 10.2. The molecule has 0 saturated carbocycles. The van der Waals surface area contributed by atoms with Crippen molar-refractivity contribution >= 4 is 23.4 Å². The maximum absolute atomic E-state index is 13.9. The molecule has 1 rings (SSSR count). The normalized spacial score (nSPS) is 12.6. The third kappa shape index (κ3) is 7.21. The summed E-state index contributed by atoms with van der Waals surface area (Å²) < 4.78 is 19.4. The van der Waals surface area contributed by atoms with Crippen LogP contribution in [-0.4, -0.2) is 44.4 Å². The van der Waals surface area contributed by atoms with Crippen molar-refractivity contribution in [3.8, 4) is 5.75 Å². The highest BCUT2D eigenvalue weighted by molar-refractivity contribution is 6.30. The Bertz CT molecular complexity index is 755. The van der Waals surface area contributed by atoms with Crippen LogP contribution in [0.4, 0.5) is 4.39 Å². The summed E-state index contributed by atoms with van der Waals surface area (Å²) in [5, 5.41) is 2.65. The molecule has 0 atom stereocenters. The van der Waals surface area contributed by atoms with Crippen LogP contribution in [0.15, 0.2) is 59.3 Å². The molecule has 0 aliphatic rings. The van der Waals surface area contributed by atoms with Crippen molar-refractivity contribution in [2.45, 2.75) is 6.92 Å². The van der Waals surface area contributed by atoms with Gasteiger partial charge < -0.3 is 15.0 Å². The first kappa shape index (κ1) is 21.6. The molecule has 0 fully saturated rings.